The molecule has 0 aliphatic carbocycles. The maximum absolute atomic E-state index is 12.2. The Morgan fingerprint density at radius 1 is 1.44 bits per heavy atom. The molecule has 1 amide bonds. The summed E-state index contributed by atoms with van der Waals surface area (Å²) in [4.78, 5) is 23.4. The molecule has 1 atom stereocenters. The van der Waals surface area contributed by atoms with Crippen LogP contribution in [0.25, 0.3) is 0 Å². The second-order valence-corrected chi connectivity index (χ2v) is 7.85. The van der Waals surface area contributed by atoms with Gasteiger partial charge in [0.05, 0.1) is 30.7 Å². The summed E-state index contributed by atoms with van der Waals surface area (Å²) in [6.07, 6.45) is 1.80. The van der Waals surface area contributed by atoms with E-state index >= 15 is 0 Å². The molecule has 2 aromatic rings. The number of carbonyl (C=O) groups excluding carboxylic acids is 1. The predicted octanol–water partition coefficient (Wildman–Crippen LogP) is 2.13. The highest BCUT2D eigenvalue weighted by molar-refractivity contribution is 8.01. The topological polar surface area (TPSA) is 67.4 Å². The predicted molar refractivity (Wildman–Crippen MR) is 100.0 cm³/mol. The summed E-state index contributed by atoms with van der Waals surface area (Å²) in [5.41, 5.74) is 1.98. The van der Waals surface area contributed by atoms with Crippen LogP contribution in [0.2, 0.25) is 0 Å². The van der Waals surface area contributed by atoms with Crippen LogP contribution in [0.15, 0.2) is 34.1 Å². The lowest BCUT2D eigenvalue weighted by atomic mass is 10.1. The molecule has 25 heavy (non-hydrogen) atoms. The van der Waals surface area contributed by atoms with Crippen LogP contribution in [0.5, 0.6) is 0 Å². The van der Waals surface area contributed by atoms with Crippen molar-refractivity contribution in [2.45, 2.75) is 17.3 Å². The first-order valence-corrected chi connectivity index (χ1v) is 10.1. The van der Waals surface area contributed by atoms with E-state index in [4.69, 9.17) is 4.74 Å². The van der Waals surface area contributed by atoms with E-state index in [1.165, 1.54) is 11.8 Å². The fourth-order valence-corrected chi connectivity index (χ4v) is 4.35. The molecule has 6 nitrogen and oxygen atoms in total. The number of morpholine rings is 1. The molecule has 134 valence electrons. The number of hydrogen-bond donors (Lipinski definition) is 1. The Bertz CT molecular complexity index is 674. The number of aromatic nitrogens is 2. The van der Waals surface area contributed by atoms with Gasteiger partial charge >= 0.3 is 0 Å². The average Bonchev–Trinajstić information content (AvgIpc) is 3.07. The van der Waals surface area contributed by atoms with Crippen LogP contribution < -0.4 is 5.32 Å². The molecule has 1 unspecified atom stereocenters. The van der Waals surface area contributed by atoms with Gasteiger partial charge in [0, 0.05) is 36.9 Å². The Balaban J connectivity index is 1.55. The number of thioether (sulfide) groups is 1. The molecule has 1 saturated heterocycles. The van der Waals surface area contributed by atoms with Gasteiger partial charge in [0.1, 0.15) is 0 Å². The summed E-state index contributed by atoms with van der Waals surface area (Å²) >= 11 is 3.05. The molecule has 3 rings (SSSR count). The third-order valence-electron chi connectivity index (χ3n) is 3.93. The third-order valence-corrected chi connectivity index (χ3v) is 6.07. The molecule has 0 bridgehead atoms. The average molecular weight is 379 g/mol. The largest absolute Gasteiger partial charge is 0.379 e. The van der Waals surface area contributed by atoms with E-state index in [-0.39, 0.29) is 11.9 Å². The number of pyridine rings is 1. The van der Waals surface area contributed by atoms with Crippen LogP contribution in [0.1, 0.15) is 17.4 Å². The minimum Gasteiger partial charge on any atom is -0.379 e. The van der Waals surface area contributed by atoms with Crippen LogP contribution >= 0.6 is 23.1 Å². The zero-order chi connectivity index (χ0) is 17.5. The monoisotopic (exact) mass is 378 g/mol. The van der Waals surface area contributed by atoms with Crippen molar-refractivity contribution in [2.24, 2.45) is 0 Å². The number of carbonyl (C=O) groups is 1. The molecular weight excluding hydrogens is 356 g/mol. The van der Waals surface area contributed by atoms with Crippen molar-refractivity contribution in [1.29, 1.82) is 0 Å². The smallest absolute Gasteiger partial charge is 0.230 e. The third kappa shape index (κ3) is 5.50. The van der Waals surface area contributed by atoms with Gasteiger partial charge in [-0.3, -0.25) is 14.7 Å². The van der Waals surface area contributed by atoms with Crippen molar-refractivity contribution in [3.8, 4) is 0 Å². The zero-order valence-electron chi connectivity index (χ0n) is 14.2. The minimum atomic E-state index is 0.0204. The maximum Gasteiger partial charge on any atom is 0.230 e. The quantitative estimate of drug-likeness (QED) is 0.745. The number of thiazole rings is 1. The Hall–Kier alpha value is -1.48. The van der Waals surface area contributed by atoms with Gasteiger partial charge in [0.25, 0.3) is 0 Å². The van der Waals surface area contributed by atoms with Gasteiger partial charge in [-0.15, -0.1) is 11.3 Å². The number of aryl methyl sites for hydroxylation is 1. The van der Waals surface area contributed by atoms with Gasteiger partial charge in [-0.1, -0.05) is 17.8 Å². The highest BCUT2D eigenvalue weighted by Gasteiger charge is 2.24. The fourth-order valence-electron chi connectivity index (χ4n) is 2.67. The van der Waals surface area contributed by atoms with Crippen molar-refractivity contribution in [2.75, 3.05) is 38.6 Å². The van der Waals surface area contributed by atoms with Gasteiger partial charge < -0.3 is 10.1 Å². The number of rotatable bonds is 7. The van der Waals surface area contributed by atoms with Crippen molar-refractivity contribution in [3.05, 3.63) is 41.2 Å². The van der Waals surface area contributed by atoms with E-state index in [0.29, 0.717) is 12.3 Å². The molecule has 2 aromatic heterocycles. The summed E-state index contributed by atoms with van der Waals surface area (Å²) < 4.78 is 6.37. The first-order chi connectivity index (χ1) is 12.2. The molecule has 1 N–H and O–H groups in total. The van der Waals surface area contributed by atoms with E-state index in [1.807, 2.05) is 30.5 Å². The van der Waals surface area contributed by atoms with E-state index < -0.39 is 0 Å². The second kappa shape index (κ2) is 9.28. The Morgan fingerprint density at radius 3 is 2.96 bits per heavy atom. The fraction of sp³-hybridized carbons (Fsp3) is 0.471. The summed E-state index contributed by atoms with van der Waals surface area (Å²) in [5, 5.41) is 5.05. The number of hydrogen-bond acceptors (Lipinski definition) is 7. The molecule has 1 fully saturated rings. The van der Waals surface area contributed by atoms with E-state index in [2.05, 4.69) is 20.2 Å². The van der Waals surface area contributed by atoms with Crippen molar-refractivity contribution in [1.82, 2.24) is 20.2 Å². The zero-order valence-corrected chi connectivity index (χ0v) is 15.8. The summed E-state index contributed by atoms with van der Waals surface area (Å²) in [6, 6.07) is 5.98. The van der Waals surface area contributed by atoms with Crippen LogP contribution in [-0.4, -0.2) is 59.4 Å². The Kier molecular flexibility index (Phi) is 6.80. The SMILES string of the molecule is Cc1csc(SCC(=O)NCC(c2ccccn2)N2CCOCC2)n1. The highest BCUT2D eigenvalue weighted by Crippen LogP contribution is 2.22. The lowest BCUT2D eigenvalue weighted by Crippen LogP contribution is -2.44. The Morgan fingerprint density at radius 2 is 2.28 bits per heavy atom. The van der Waals surface area contributed by atoms with Crippen LogP contribution in [0.4, 0.5) is 0 Å². The molecule has 1 aliphatic heterocycles. The van der Waals surface area contributed by atoms with Crippen LogP contribution in [-0.2, 0) is 9.53 Å². The van der Waals surface area contributed by atoms with Gasteiger partial charge in [-0.25, -0.2) is 4.98 Å². The highest BCUT2D eigenvalue weighted by atomic mass is 32.2. The molecule has 1 aliphatic rings. The number of nitrogens with one attached hydrogen (secondary N) is 1. The molecular formula is C17H22N4O2S2. The number of ether oxygens (including phenoxy) is 1. The van der Waals surface area contributed by atoms with Crippen LogP contribution in [0, 0.1) is 6.92 Å². The lowest BCUT2D eigenvalue weighted by Gasteiger charge is -2.34. The maximum atomic E-state index is 12.2. The van der Waals surface area contributed by atoms with Gasteiger partial charge in [0.15, 0.2) is 4.34 Å². The Labute approximate surface area is 156 Å². The molecule has 0 saturated carbocycles. The van der Waals surface area contributed by atoms with Gasteiger partial charge in [-0.2, -0.15) is 0 Å². The van der Waals surface area contributed by atoms with Gasteiger partial charge in [-0.05, 0) is 19.1 Å². The number of amides is 1. The molecule has 8 heteroatoms. The van der Waals surface area contributed by atoms with E-state index in [1.54, 1.807) is 17.5 Å². The van der Waals surface area contributed by atoms with Crippen molar-refractivity contribution < 1.29 is 9.53 Å². The summed E-state index contributed by atoms with van der Waals surface area (Å²) in [6.45, 7) is 5.65. The van der Waals surface area contributed by atoms with E-state index in [0.717, 1.165) is 42.0 Å². The van der Waals surface area contributed by atoms with Crippen LogP contribution in [0.3, 0.4) is 0 Å². The number of nitrogens with zero attached hydrogens (tertiary/aromatic N) is 3. The summed E-state index contributed by atoms with van der Waals surface area (Å²) in [5.74, 6) is 0.400. The lowest BCUT2D eigenvalue weighted by molar-refractivity contribution is -0.118. The summed E-state index contributed by atoms with van der Waals surface area (Å²) in [7, 11) is 0. The molecule has 0 radical (unpaired) electrons. The van der Waals surface area contributed by atoms with Gasteiger partial charge in [0.2, 0.25) is 5.91 Å². The molecule has 3 heterocycles. The first kappa shape index (κ1) is 18.3. The second-order valence-electron chi connectivity index (χ2n) is 5.77. The normalized spacial score (nSPS) is 16.5. The minimum absolute atomic E-state index is 0.0204. The first-order valence-electron chi connectivity index (χ1n) is 8.27. The van der Waals surface area contributed by atoms with E-state index in [9.17, 15) is 4.79 Å². The van der Waals surface area contributed by atoms with Crippen molar-refractivity contribution >= 4 is 29.0 Å². The molecule has 0 spiro atoms. The van der Waals surface area contributed by atoms with Crippen molar-refractivity contribution in [3.63, 3.8) is 0 Å². The standard InChI is InChI=1S/C17H22N4O2S2/c1-13-11-24-17(20-13)25-12-16(22)19-10-15(14-4-2-3-5-18-14)21-6-8-23-9-7-21/h2-5,11,15H,6-10,12H2,1H3,(H,19,22). The molecule has 0 aromatic carbocycles.